The molecule has 2 aliphatic rings. The summed E-state index contributed by atoms with van der Waals surface area (Å²) in [6, 6.07) is 4.71. The lowest BCUT2D eigenvalue weighted by atomic mass is 9.96. The van der Waals surface area contributed by atoms with Gasteiger partial charge in [-0.25, -0.2) is 4.98 Å². The number of rotatable bonds is 5. The van der Waals surface area contributed by atoms with E-state index in [0.717, 1.165) is 43.5 Å². The predicted octanol–water partition coefficient (Wildman–Crippen LogP) is 4.06. The summed E-state index contributed by atoms with van der Waals surface area (Å²) in [5, 5.41) is 13.1. The molecule has 32 heavy (non-hydrogen) atoms. The zero-order valence-corrected chi connectivity index (χ0v) is 18.4. The molecule has 0 aromatic carbocycles. The highest BCUT2D eigenvalue weighted by Gasteiger charge is 2.31. The number of thiophene rings is 1. The third kappa shape index (κ3) is 5.05. The fraction of sp³-hybridized carbons (Fsp3) is 0.500. The van der Waals surface area contributed by atoms with Crippen LogP contribution in [0.15, 0.2) is 18.3 Å². The van der Waals surface area contributed by atoms with Gasteiger partial charge in [0.15, 0.2) is 0 Å². The van der Waals surface area contributed by atoms with Crippen molar-refractivity contribution in [3.8, 4) is 6.07 Å². The number of carbonyl (C=O) groups is 1. The molecule has 0 bridgehead atoms. The predicted molar refractivity (Wildman–Crippen MR) is 117 cm³/mol. The summed E-state index contributed by atoms with van der Waals surface area (Å²) >= 11 is 1.52. The fourth-order valence-corrected chi connectivity index (χ4v) is 5.42. The Bertz CT molecular complexity index is 1000. The molecule has 1 amide bonds. The van der Waals surface area contributed by atoms with Crippen LogP contribution in [0.5, 0.6) is 0 Å². The van der Waals surface area contributed by atoms with Gasteiger partial charge in [0, 0.05) is 50.2 Å². The van der Waals surface area contributed by atoms with Gasteiger partial charge in [-0.05, 0) is 43.4 Å². The second-order valence-corrected chi connectivity index (χ2v) is 9.16. The van der Waals surface area contributed by atoms with Gasteiger partial charge in [-0.1, -0.05) is 0 Å². The molecule has 2 aromatic heterocycles. The molecule has 0 radical (unpaired) electrons. The summed E-state index contributed by atoms with van der Waals surface area (Å²) in [5.41, 5.74) is 0.972. The van der Waals surface area contributed by atoms with Gasteiger partial charge in [0.25, 0.3) is 0 Å². The third-order valence-corrected chi connectivity index (χ3v) is 7.17. The van der Waals surface area contributed by atoms with Gasteiger partial charge in [-0.3, -0.25) is 9.69 Å². The number of nitriles is 1. The molecule has 170 valence electrons. The van der Waals surface area contributed by atoms with Crippen molar-refractivity contribution in [3.63, 3.8) is 0 Å². The maximum atomic E-state index is 12.7. The number of anilines is 2. The van der Waals surface area contributed by atoms with E-state index in [1.165, 1.54) is 22.3 Å². The minimum atomic E-state index is -4.39. The lowest BCUT2D eigenvalue weighted by molar-refractivity contribution is -0.137. The normalized spacial score (nSPS) is 17.0. The zero-order valence-electron chi connectivity index (χ0n) is 17.5. The standard InChI is InChI=1S/C22H24F3N5OS/c23-22(24,25)15-5-6-19(27-14-15)30-11-9-29(10-12-30)8-7-20(31)28-21-17(13-26)16-3-1-2-4-18(16)32-21/h5-6,14H,1-4,7-12H2,(H,28,31). The van der Waals surface area contributed by atoms with Crippen LogP contribution in [0.3, 0.4) is 0 Å². The van der Waals surface area contributed by atoms with Gasteiger partial charge in [0.1, 0.15) is 16.9 Å². The summed E-state index contributed by atoms with van der Waals surface area (Å²) in [6.45, 7) is 3.26. The Morgan fingerprint density at radius 3 is 2.59 bits per heavy atom. The summed E-state index contributed by atoms with van der Waals surface area (Å²) in [4.78, 5) is 21.8. The van der Waals surface area contributed by atoms with E-state index < -0.39 is 11.7 Å². The molecule has 6 nitrogen and oxygen atoms in total. The monoisotopic (exact) mass is 463 g/mol. The molecule has 2 aromatic rings. The fourth-order valence-electron chi connectivity index (χ4n) is 4.16. The summed E-state index contributed by atoms with van der Waals surface area (Å²) in [5.74, 6) is 0.424. The lowest BCUT2D eigenvalue weighted by Crippen LogP contribution is -2.47. The van der Waals surface area contributed by atoms with Gasteiger partial charge in [-0.15, -0.1) is 11.3 Å². The first-order chi connectivity index (χ1) is 15.3. The quantitative estimate of drug-likeness (QED) is 0.724. The Labute approximate surface area is 188 Å². The number of aromatic nitrogens is 1. The molecule has 1 saturated heterocycles. The number of halogens is 3. The maximum Gasteiger partial charge on any atom is 0.417 e. The number of nitrogens with one attached hydrogen (secondary N) is 1. The average molecular weight is 464 g/mol. The van der Waals surface area contributed by atoms with E-state index in [1.54, 1.807) is 0 Å². The van der Waals surface area contributed by atoms with Crippen molar-refractivity contribution in [2.45, 2.75) is 38.3 Å². The van der Waals surface area contributed by atoms with Gasteiger partial charge in [-0.2, -0.15) is 18.4 Å². The van der Waals surface area contributed by atoms with E-state index in [1.807, 2.05) is 4.90 Å². The van der Waals surface area contributed by atoms with E-state index in [2.05, 4.69) is 21.3 Å². The van der Waals surface area contributed by atoms with Crippen molar-refractivity contribution >= 4 is 28.1 Å². The smallest absolute Gasteiger partial charge is 0.354 e. The topological polar surface area (TPSA) is 72.3 Å². The summed E-state index contributed by atoms with van der Waals surface area (Å²) in [7, 11) is 0. The number of nitrogens with zero attached hydrogens (tertiary/aromatic N) is 4. The van der Waals surface area contributed by atoms with E-state index in [-0.39, 0.29) is 5.91 Å². The van der Waals surface area contributed by atoms with Crippen LogP contribution in [0.2, 0.25) is 0 Å². The van der Waals surface area contributed by atoms with Crippen LogP contribution in [-0.2, 0) is 23.8 Å². The number of hydrogen-bond donors (Lipinski definition) is 1. The van der Waals surface area contributed by atoms with Crippen molar-refractivity contribution in [3.05, 3.63) is 39.9 Å². The lowest BCUT2D eigenvalue weighted by Gasteiger charge is -2.35. The second kappa shape index (κ2) is 9.46. The van der Waals surface area contributed by atoms with Gasteiger partial charge >= 0.3 is 6.18 Å². The highest BCUT2D eigenvalue weighted by molar-refractivity contribution is 7.16. The van der Waals surface area contributed by atoms with Crippen LogP contribution in [0.25, 0.3) is 0 Å². The molecule has 3 heterocycles. The molecule has 0 atom stereocenters. The van der Waals surface area contributed by atoms with Crippen LogP contribution >= 0.6 is 11.3 Å². The van der Waals surface area contributed by atoms with Crippen molar-refractivity contribution in [1.29, 1.82) is 5.26 Å². The highest BCUT2D eigenvalue weighted by atomic mass is 32.1. The Balaban J connectivity index is 1.25. The summed E-state index contributed by atoms with van der Waals surface area (Å²) < 4.78 is 38.1. The van der Waals surface area contributed by atoms with Crippen LogP contribution in [0.4, 0.5) is 24.0 Å². The van der Waals surface area contributed by atoms with Crippen molar-refractivity contribution in [2.24, 2.45) is 0 Å². The number of hydrogen-bond acceptors (Lipinski definition) is 6. The molecule has 0 saturated carbocycles. The molecular weight excluding hydrogens is 439 g/mol. The minimum Gasteiger partial charge on any atom is -0.354 e. The Hall–Kier alpha value is -2.64. The average Bonchev–Trinajstić information content (AvgIpc) is 3.14. The molecule has 1 N–H and O–H groups in total. The van der Waals surface area contributed by atoms with Crippen molar-refractivity contribution in [1.82, 2.24) is 9.88 Å². The first kappa shape index (κ1) is 22.6. The van der Waals surface area contributed by atoms with Crippen LogP contribution in [0.1, 0.15) is 40.8 Å². The maximum absolute atomic E-state index is 12.7. The van der Waals surface area contributed by atoms with Crippen LogP contribution < -0.4 is 10.2 Å². The zero-order chi connectivity index (χ0) is 22.7. The number of pyridine rings is 1. The van der Waals surface area contributed by atoms with E-state index in [0.29, 0.717) is 55.5 Å². The van der Waals surface area contributed by atoms with Crippen LogP contribution in [0, 0.1) is 11.3 Å². The van der Waals surface area contributed by atoms with Gasteiger partial charge < -0.3 is 10.2 Å². The van der Waals surface area contributed by atoms with Crippen molar-refractivity contribution in [2.75, 3.05) is 42.9 Å². The van der Waals surface area contributed by atoms with E-state index in [4.69, 9.17) is 0 Å². The SMILES string of the molecule is N#Cc1c(NC(=O)CCN2CCN(c3ccc(C(F)(F)F)cn3)CC2)sc2c1CCCC2. The number of fused-ring (bicyclic) bond motifs is 1. The van der Waals surface area contributed by atoms with Crippen molar-refractivity contribution < 1.29 is 18.0 Å². The van der Waals surface area contributed by atoms with Gasteiger partial charge in [0.05, 0.1) is 11.1 Å². The molecule has 0 spiro atoms. The molecule has 0 unspecified atom stereocenters. The Morgan fingerprint density at radius 1 is 1.19 bits per heavy atom. The molecule has 1 aliphatic carbocycles. The highest BCUT2D eigenvalue weighted by Crippen LogP contribution is 2.37. The van der Waals surface area contributed by atoms with E-state index >= 15 is 0 Å². The number of amides is 1. The molecule has 4 rings (SSSR count). The van der Waals surface area contributed by atoms with Gasteiger partial charge in [0.2, 0.25) is 5.91 Å². The largest absolute Gasteiger partial charge is 0.417 e. The number of aryl methyl sites for hydroxylation is 1. The summed E-state index contributed by atoms with van der Waals surface area (Å²) in [6.07, 6.45) is 0.891. The first-order valence-electron chi connectivity index (χ1n) is 10.7. The third-order valence-electron chi connectivity index (χ3n) is 5.96. The molecule has 1 fully saturated rings. The Morgan fingerprint density at radius 2 is 1.94 bits per heavy atom. The number of alkyl halides is 3. The minimum absolute atomic E-state index is 0.105. The van der Waals surface area contributed by atoms with Crippen LogP contribution in [-0.4, -0.2) is 48.5 Å². The molecule has 1 aliphatic heterocycles. The molecular formula is C22H24F3N5OS. The first-order valence-corrected chi connectivity index (χ1v) is 11.5. The number of piperazine rings is 1. The number of carbonyl (C=O) groups excluding carboxylic acids is 1. The molecule has 10 heteroatoms. The second-order valence-electron chi connectivity index (χ2n) is 8.06. The Kier molecular flexibility index (Phi) is 6.67. The van der Waals surface area contributed by atoms with E-state index in [9.17, 15) is 23.2 Å².